The van der Waals surface area contributed by atoms with E-state index in [1.165, 1.54) is 19.1 Å². The van der Waals surface area contributed by atoms with E-state index < -0.39 is 11.7 Å². The van der Waals surface area contributed by atoms with E-state index in [1.807, 2.05) is 6.07 Å². The van der Waals surface area contributed by atoms with Crippen molar-refractivity contribution in [1.29, 1.82) is 5.26 Å². The van der Waals surface area contributed by atoms with E-state index in [2.05, 4.69) is 5.32 Å². The molecule has 2 rings (SSSR count). The van der Waals surface area contributed by atoms with Gasteiger partial charge in [0.15, 0.2) is 0 Å². The minimum Gasteiger partial charge on any atom is -0.511 e. The number of nitrogens with zero attached hydrogens (tertiary/aromatic N) is 1. The number of aliphatic hydroxyl groups is 1. The number of anilines is 1. The molecule has 0 aromatic heterocycles. The van der Waals surface area contributed by atoms with Crippen molar-refractivity contribution in [1.82, 2.24) is 0 Å². The number of rotatable bonds is 3. The van der Waals surface area contributed by atoms with Crippen LogP contribution in [0.2, 0.25) is 0 Å². The van der Waals surface area contributed by atoms with Crippen LogP contribution in [0.3, 0.4) is 0 Å². The average Bonchev–Trinajstić information content (AvgIpc) is 3.21. The van der Waals surface area contributed by atoms with Crippen molar-refractivity contribution in [3.63, 3.8) is 0 Å². The fraction of sp³-hybridized carbons (Fsp3) is 0.333. The third kappa shape index (κ3) is 3.57. The quantitative estimate of drug-likeness (QED) is 0.372. The van der Waals surface area contributed by atoms with Crippen LogP contribution in [0.15, 0.2) is 29.5 Å². The fourth-order valence-electron chi connectivity index (χ4n) is 2.04. The number of halogens is 3. The summed E-state index contributed by atoms with van der Waals surface area (Å²) in [5, 5.41) is 21.7. The summed E-state index contributed by atoms with van der Waals surface area (Å²) >= 11 is 5.06. The maximum Gasteiger partial charge on any atom is 0.416 e. The molecule has 3 nitrogen and oxygen atoms in total. The van der Waals surface area contributed by atoms with Crippen molar-refractivity contribution in [3.8, 4) is 6.07 Å². The zero-order valence-electron chi connectivity index (χ0n) is 11.7. The van der Waals surface area contributed by atoms with Gasteiger partial charge in [-0.2, -0.15) is 18.4 Å². The molecule has 0 saturated heterocycles. The van der Waals surface area contributed by atoms with Crippen LogP contribution < -0.4 is 5.32 Å². The van der Waals surface area contributed by atoms with Crippen LogP contribution in [0, 0.1) is 24.2 Å². The van der Waals surface area contributed by atoms with Gasteiger partial charge >= 0.3 is 6.18 Å². The van der Waals surface area contributed by atoms with Crippen molar-refractivity contribution in [2.45, 2.75) is 25.9 Å². The molecule has 0 unspecified atom stereocenters. The van der Waals surface area contributed by atoms with Gasteiger partial charge in [0, 0.05) is 11.6 Å². The Bertz CT molecular complexity index is 685. The molecule has 116 valence electrons. The van der Waals surface area contributed by atoms with E-state index in [4.69, 9.17) is 17.5 Å². The lowest BCUT2D eigenvalue weighted by Gasteiger charge is -2.13. The Morgan fingerprint density at radius 3 is 2.50 bits per heavy atom. The summed E-state index contributed by atoms with van der Waals surface area (Å²) in [6.07, 6.45) is -2.80. The summed E-state index contributed by atoms with van der Waals surface area (Å²) in [4.78, 5) is 0.00561. The average molecular weight is 326 g/mol. The second-order valence-electron chi connectivity index (χ2n) is 5.13. The summed E-state index contributed by atoms with van der Waals surface area (Å²) in [7, 11) is 0. The molecule has 22 heavy (non-hydrogen) atoms. The van der Waals surface area contributed by atoms with Crippen LogP contribution in [-0.4, -0.2) is 10.1 Å². The first kappa shape index (κ1) is 16.3. The molecule has 1 saturated carbocycles. The third-order valence-corrected chi connectivity index (χ3v) is 3.65. The molecule has 1 aliphatic rings. The van der Waals surface area contributed by atoms with Gasteiger partial charge in [-0.3, -0.25) is 0 Å². The van der Waals surface area contributed by atoms with Crippen molar-refractivity contribution >= 4 is 22.9 Å². The van der Waals surface area contributed by atoms with Crippen LogP contribution in [-0.2, 0) is 6.18 Å². The van der Waals surface area contributed by atoms with E-state index in [1.54, 1.807) is 0 Å². The predicted molar refractivity (Wildman–Crippen MR) is 80.4 cm³/mol. The van der Waals surface area contributed by atoms with Gasteiger partial charge in [-0.05, 0) is 43.5 Å². The maximum atomic E-state index is 12.7. The Morgan fingerprint density at radius 1 is 1.41 bits per heavy atom. The molecule has 0 atom stereocenters. The monoisotopic (exact) mass is 326 g/mol. The molecule has 2 N–H and O–H groups in total. The Kier molecular flexibility index (Phi) is 4.42. The highest BCUT2D eigenvalue weighted by Gasteiger charge is 2.32. The van der Waals surface area contributed by atoms with Crippen LogP contribution in [0.25, 0.3) is 0 Å². The Hall–Kier alpha value is -2.07. The molecular weight excluding hydrogens is 313 g/mol. The van der Waals surface area contributed by atoms with Gasteiger partial charge in [0.2, 0.25) is 0 Å². The van der Waals surface area contributed by atoms with E-state index in [0.717, 1.165) is 18.9 Å². The standard InChI is InChI=1S/C15H13F3N2OS/c1-8-6-10(4-5-12(8)15(16,17)18)20-14(22)11(7-19)13(21)9-2-3-9/h4-6,9,21H,2-3H2,1H3,(H,20,22). The van der Waals surface area contributed by atoms with Crippen molar-refractivity contribution < 1.29 is 18.3 Å². The first-order valence-corrected chi connectivity index (χ1v) is 6.97. The van der Waals surface area contributed by atoms with Crippen LogP contribution in [0.1, 0.15) is 24.0 Å². The topological polar surface area (TPSA) is 56.0 Å². The van der Waals surface area contributed by atoms with Crippen molar-refractivity contribution in [3.05, 3.63) is 40.7 Å². The molecule has 0 radical (unpaired) electrons. The molecular formula is C15H13F3N2OS. The van der Waals surface area contributed by atoms with Crippen LogP contribution in [0.4, 0.5) is 18.9 Å². The number of benzene rings is 1. The highest BCUT2D eigenvalue weighted by atomic mass is 32.1. The summed E-state index contributed by atoms with van der Waals surface area (Å²) < 4.78 is 38.1. The van der Waals surface area contributed by atoms with Gasteiger partial charge in [0.1, 0.15) is 22.4 Å². The zero-order chi connectivity index (χ0) is 16.5. The van der Waals surface area contributed by atoms with Gasteiger partial charge in [-0.25, -0.2) is 0 Å². The summed E-state index contributed by atoms with van der Waals surface area (Å²) in [5.41, 5.74) is -0.364. The SMILES string of the molecule is Cc1cc(NC(=S)C(C#N)=C(O)C2CC2)ccc1C(F)(F)F. The molecule has 1 aromatic rings. The number of allylic oxidation sites excluding steroid dienone is 1. The smallest absolute Gasteiger partial charge is 0.416 e. The molecule has 1 aromatic carbocycles. The second kappa shape index (κ2) is 5.97. The number of aryl methyl sites for hydroxylation is 1. The van der Waals surface area contributed by atoms with E-state index in [9.17, 15) is 18.3 Å². The number of nitrogens with one attached hydrogen (secondary N) is 1. The Balaban J connectivity index is 2.21. The minimum absolute atomic E-state index is 0.00561. The first-order valence-electron chi connectivity index (χ1n) is 6.56. The highest BCUT2D eigenvalue weighted by Crippen LogP contribution is 2.37. The van der Waals surface area contributed by atoms with E-state index >= 15 is 0 Å². The van der Waals surface area contributed by atoms with Gasteiger partial charge < -0.3 is 10.4 Å². The van der Waals surface area contributed by atoms with Gasteiger partial charge in [0.25, 0.3) is 0 Å². The van der Waals surface area contributed by atoms with Crippen molar-refractivity contribution in [2.75, 3.05) is 5.32 Å². The predicted octanol–water partition coefficient (Wildman–Crippen LogP) is 4.50. The number of hydrogen-bond donors (Lipinski definition) is 2. The third-order valence-electron chi connectivity index (χ3n) is 3.35. The largest absolute Gasteiger partial charge is 0.511 e. The lowest BCUT2D eigenvalue weighted by atomic mass is 10.1. The molecule has 7 heteroatoms. The van der Waals surface area contributed by atoms with Gasteiger partial charge in [-0.1, -0.05) is 12.2 Å². The number of hydrogen-bond acceptors (Lipinski definition) is 3. The van der Waals surface area contributed by atoms with Gasteiger partial charge in [0.05, 0.1) is 5.56 Å². The lowest BCUT2D eigenvalue weighted by Crippen LogP contribution is -2.14. The van der Waals surface area contributed by atoms with Gasteiger partial charge in [-0.15, -0.1) is 0 Å². The summed E-state index contributed by atoms with van der Waals surface area (Å²) in [6, 6.07) is 5.34. The number of thiocarbonyl (C=S) groups is 1. The normalized spacial score (nSPS) is 15.8. The fourth-order valence-corrected chi connectivity index (χ4v) is 2.31. The van der Waals surface area contributed by atoms with Crippen molar-refractivity contribution in [2.24, 2.45) is 5.92 Å². The molecule has 1 fully saturated rings. The molecule has 0 aliphatic heterocycles. The lowest BCUT2D eigenvalue weighted by molar-refractivity contribution is -0.138. The van der Waals surface area contributed by atoms with E-state index in [-0.39, 0.29) is 27.8 Å². The number of nitriles is 1. The summed E-state index contributed by atoms with van der Waals surface area (Å²) in [6.45, 7) is 1.35. The maximum absolute atomic E-state index is 12.7. The summed E-state index contributed by atoms with van der Waals surface area (Å²) in [5.74, 6) is -0.0904. The van der Waals surface area contributed by atoms with Crippen LogP contribution in [0.5, 0.6) is 0 Å². The number of aliphatic hydroxyl groups excluding tert-OH is 1. The molecule has 0 amide bonds. The first-order chi connectivity index (χ1) is 10.2. The highest BCUT2D eigenvalue weighted by molar-refractivity contribution is 7.81. The second-order valence-corrected chi connectivity index (χ2v) is 5.54. The molecule has 0 spiro atoms. The molecule has 0 heterocycles. The Labute approximate surface area is 131 Å². The Morgan fingerprint density at radius 2 is 2.05 bits per heavy atom. The van der Waals surface area contributed by atoms with E-state index in [0.29, 0.717) is 5.69 Å². The van der Waals surface area contributed by atoms with Crippen LogP contribution >= 0.6 is 12.2 Å². The zero-order valence-corrected chi connectivity index (χ0v) is 12.5. The molecule has 0 bridgehead atoms. The molecule has 1 aliphatic carbocycles. The number of alkyl halides is 3. The minimum atomic E-state index is -4.41.